The Morgan fingerprint density at radius 1 is 1.41 bits per heavy atom. The van der Waals surface area contributed by atoms with Gasteiger partial charge in [-0.05, 0) is 37.5 Å². The molecule has 1 fully saturated rings. The molecular formula is C14H20ClNO. The van der Waals surface area contributed by atoms with E-state index in [1.807, 2.05) is 12.1 Å². The van der Waals surface area contributed by atoms with Gasteiger partial charge in [0.2, 0.25) is 0 Å². The quantitative estimate of drug-likeness (QED) is 0.886. The molecule has 1 saturated heterocycles. The molecule has 3 heteroatoms. The zero-order valence-electron chi connectivity index (χ0n) is 10.4. The molecule has 1 N–H and O–H groups in total. The normalized spacial score (nSPS) is 26.1. The van der Waals surface area contributed by atoms with Gasteiger partial charge >= 0.3 is 0 Å². The predicted molar refractivity (Wildman–Crippen MR) is 71.4 cm³/mol. The summed E-state index contributed by atoms with van der Waals surface area (Å²) in [6.07, 6.45) is 2.49. The molecule has 0 spiro atoms. The largest absolute Gasteiger partial charge is 0.377 e. The fourth-order valence-corrected chi connectivity index (χ4v) is 2.48. The van der Waals surface area contributed by atoms with Crippen molar-refractivity contribution < 1.29 is 4.74 Å². The lowest BCUT2D eigenvalue weighted by molar-refractivity contribution is 0.110. The van der Waals surface area contributed by atoms with Gasteiger partial charge in [0.1, 0.15) is 0 Å². The third-order valence-electron chi connectivity index (χ3n) is 3.47. The first kappa shape index (κ1) is 12.9. The molecule has 2 rings (SSSR count). The molecule has 1 aliphatic rings. The number of nitrogens with one attached hydrogen (secondary N) is 1. The Hall–Kier alpha value is -0.570. The molecule has 2 nitrogen and oxygen atoms in total. The molecule has 0 amide bonds. The highest BCUT2D eigenvalue weighted by molar-refractivity contribution is 6.30. The minimum atomic E-state index is 0.316. The maximum Gasteiger partial charge on any atom is 0.0700 e. The Balaban J connectivity index is 2.03. The monoisotopic (exact) mass is 253 g/mol. The molecule has 1 aromatic carbocycles. The van der Waals surface area contributed by atoms with Crippen molar-refractivity contribution in [2.24, 2.45) is 0 Å². The summed E-state index contributed by atoms with van der Waals surface area (Å²) in [6, 6.07) is 8.97. The van der Waals surface area contributed by atoms with Crippen LogP contribution in [0, 0.1) is 0 Å². The van der Waals surface area contributed by atoms with Crippen LogP contribution < -0.4 is 5.32 Å². The SMILES string of the molecule is CCC(NC1CCOC1C)c1ccc(Cl)cc1. The van der Waals surface area contributed by atoms with Gasteiger partial charge in [-0.3, -0.25) is 0 Å². The topological polar surface area (TPSA) is 21.3 Å². The molecule has 0 saturated carbocycles. The summed E-state index contributed by atoms with van der Waals surface area (Å²) < 4.78 is 5.58. The Morgan fingerprint density at radius 3 is 2.65 bits per heavy atom. The van der Waals surface area contributed by atoms with Crippen LogP contribution in [-0.2, 0) is 4.74 Å². The van der Waals surface area contributed by atoms with E-state index in [0.29, 0.717) is 18.2 Å². The number of hydrogen-bond acceptors (Lipinski definition) is 2. The molecule has 3 unspecified atom stereocenters. The summed E-state index contributed by atoms with van der Waals surface area (Å²) in [5, 5.41) is 4.48. The molecule has 0 aliphatic carbocycles. The highest BCUT2D eigenvalue weighted by Crippen LogP contribution is 2.23. The van der Waals surface area contributed by atoms with E-state index in [4.69, 9.17) is 16.3 Å². The fraction of sp³-hybridized carbons (Fsp3) is 0.571. The first-order valence-electron chi connectivity index (χ1n) is 6.34. The average Bonchev–Trinajstić information content (AvgIpc) is 2.73. The lowest BCUT2D eigenvalue weighted by atomic mass is 10.0. The van der Waals surface area contributed by atoms with Crippen LogP contribution in [0.15, 0.2) is 24.3 Å². The fourth-order valence-electron chi connectivity index (χ4n) is 2.35. The van der Waals surface area contributed by atoms with Crippen molar-refractivity contribution in [1.29, 1.82) is 0 Å². The van der Waals surface area contributed by atoms with Crippen molar-refractivity contribution in [1.82, 2.24) is 5.32 Å². The van der Waals surface area contributed by atoms with Gasteiger partial charge in [-0.25, -0.2) is 0 Å². The number of benzene rings is 1. The lowest BCUT2D eigenvalue weighted by Crippen LogP contribution is -2.37. The van der Waals surface area contributed by atoms with E-state index in [1.54, 1.807) is 0 Å². The van der Waals surface area contributed by atoms with Gasteiger partial charge in [0.15, 0.2) is 0 Å². The van der Waals surface area contributed by atoms with Crippen molar-refractivity contribution in [2.45, 2.75) is 44.9 Å². The minimum Gasteiger partial charge on any atom is -0.377 e. The van der Waals surface area contributed by atoms with E-state index < -0.39 is 0 Å². The van der Waals surface area contributed by atoms with Crippen LogP contribution in [0.1, 0.15) is 38.3 Å². The van der Waals surface area contributed by atoms with Crippen LogP contribution in [0.4, 0.5) is 0 Å². The van der Waals surface area contributed by atoms with Crippen molar-refractivity contribution in [3.05, 3.63) is 34.9 Å². The molecule has 0 aromatic heterocycles. The summed E-state index contributed by atoms with van der Waals surface area (Å²) in [5.74, 6) is 0. The molecule has 1 aliphatic heterocycles. The maximum atomic E-state index is 5.91. The number of hydrogen-bond donors (Lipinski definition) is 1. The summed E-state index contributed by atoms with van der Waals surface area (Å²) in [7, 11) is 0. The average molecular weight is 254 g/mol. The van der Waals surface area contributed by atoms with E-state index in [2.05, 4.69) is 31.3 Å². The van der Waals surface area contributed by atoms with Crippen molar-refractivity contribution in [3.8, 4) is 0 Å². The van der Waals surface area contributed by atoms with Crippen molar-refractivity contribution >= 4 is 11.6 Å². The molecule has 1 aromatic rings. The first-order valence-corrected chi connectivity index (χ1v) is 6.71. The Morgan fingerprint density at radius 2 is 2.12 bits per heavy atom. The molecule has 94 valence electrons. The van der Waals surface area contributed by atoms with Crippen LogP contribution in [-0.4, -0.2) is 18.8 Å². The summed E-state index contributed by atoms with van der Waals surface area (Å²) in [6.45, 7) is 5.21. The third kappa shape index (κ3) is 3.21. The predicted octanol–water partition coefficient (Wildman–Crippen LogP) is 3.56. The van der Waals surface area contributed by atoms with Crippen molar-refractivity contribution in [3.63, 3.8) is 0 Å². The summed E-state index contributed by atoms with van der Waals surface area (Å²) >= 11 is 5.91. The minimum absolute atomic E-state index is 0.316. The third-order valence-corrected chi connectivity index (χ3v) is 3.72. The molecular weight excluding hydrogens is 234 g/mol. The molecule has 0 radical (unpaired) electrons. The summed E-state index contributed by atoms with van der Waals surface area (Å²) in [4.78, 5) is 0. The van der Waals surface area contributed by atoms with Gasteiger partial charge in [0, 0.05) is 23.7 Å². The number of halogens is 1. The smallest absolute Gasteiger partial charge is 0.0700 e. The number of ether oxygens (including phenoxy) is 1. The van der Waals surface area contributed by atoms with E-state index in [1.165, 1.54) is 5.56 Å². The van der Waals surface area contributed by atoms with E-state index in [0.717, 1.165) is 24.5 Å². The van der Waals surface area contributed by atoms with Gasteiger partial charge < -0.3 is 10.1 Å². The second-order valence-electron chi connectivity index (χ2n) is 4.65. The van der Waals surface area contributed by atoms with Crippen molar-refractivity contribution in [2.75, 3.05) is 6.61 Å². The van der Waals surface area contributed by atoms with Gasteiger partial charge in [0.25, 0.3) is 0 Å². The van der Waals surface area contributed by atoms with E-state index in [9.17, 15) is 0 Å². The molecule has 3 atom stereocenters. The standard InChI is InChI=1S/C14H20ClNO/c1-3-13(11-4-6-12(15)7-5-11)16-14-8-9-17-10(14)2/h4-7,10,13-14,16H,3,8-9H2,1-2H3. The van der Waals surface area contributed by atoms with Crippen LogP contribution in [0.3, 0.4) is 0 Å². The second kappa shape index (κ2) is 5.85. The van der Waals surface area contributed by atoms with Gasteiger partial charge in [-0.1, -0.05) is 30.7 Å². The van der Waals surface area contributed by atoms with E-state index >= 15 is 0 Å². The van der Waals surface area contributed by atoms with Crippen LogP contribution >= 0.6 is 11.6 Å². The van der Waals surface area contributed by atoms with Crippen LogP contribution in [0.5, 0.6) is 0 Å². The Kier molecular flexibility index (Phi) is 4.43. The zero-order valence-corrected chi connectivity index (χ0v) is 11.2. The lowest BCUT2D eigenvalue weighted by Gasteiger charge is -2.24. The number of rotatable bonds is 4. The van der Waals surface area contributed by atoms with Gasteiger partial charge in [-0.2, -0.15) is 0 Å². The molecule has 1 heterocycles. The van der Waals surface area contributed by atoms with Crippen LogP contribution in [0.2, 0.25) is 5.02 Å². The zero-order chi connectivity index (χ0) is 12.3. The van der Waals surface area contributed by atoms with E-state index in [-0.39, 0.29) is 0 Å². The molecule has 0 bridgehead atoms. The van der Waals surface area contributed by atoms with Gasteiger partial charge in [-0.15, -0.1) is 0 Å². The van der Waals surface area contributed by atoms with Crippen LogP contribution in [0.25, 0.3) is 0 Å². The second-order valence-corrected chi connectivity index (χ2v) is 5.09. The highest BCUT2D eigenvalue weighted by atomic mass is 35.5. The van der Waals surface area contributed by atoms with Gasteiger partial charge in [0.05, 0.1) is 6.10 Å². The molecule has 17 heavy (non-hydrogen) atoms. The first-order chi connectivity index (χ1) is 8.20. The maximum absolute atomic E-state index is 5.91. The highest BCUT2D eigenvalue weighted by Gasteiger charge is 2.26. The Bertz CT molecular complexity index is 352. The Labute approximate surface area is 108 Å². The summed E-state index contributed by atoms with van der Waals surface area (Å²) in [5.41, 5.74) is 1.30.